The van der Waals surface area contributed by atoms with Crippen LogP contribution in [0.4, 0.5) is 10.1 Å². The average Bonchev–Trinajstić information content (AvgIpc) is 2.32. The van der Waals surface area contributed by atoms with Crippen molar-refractivity contribution in [2.75, 3.05) is 23.6 Å². The first kappa shape index (κ1) is 16.6. The fourth-order valence-electron chi connectivity index (χ4n) is 1.48. The van der Waals surface area contributed by atoms with E-state index in [0.29, 0.717) is 22.2 Å². The molecule has 1 rings (SSSR count). The van der Waals surface area contributed by atoms with E-state index in [4.69, 9.17) is 0 Å². The van der Waals surface area contributed by atoms with Gasteiger partial charge in [-0.05, 0) is 66.7 Å². The highest BCUT2D eigenvalue weighted by Gasteiger charge is 2.12. The van der Waals surface area contributed by atoms with Gasteiger partial charge in [0.15, 0.2) is 0 Å². The maximum absolute atomic E-state index is 12.9. The zero-order valence-electron chi connectivity index (χ0n) is 10.7. The third kappa shape index (κ3) is 6.53. The summed E-state index contributed by atoms with van der Waals surface area (Å²) in [7, 11) is -3.37. The minimum Gasteiger partial charge on any atom is -0.317 e. The zero-order valence-corrected chi connectivity index (χ0v) is 13.7. The molecule has 0 saturated carbocycles. The van der Waals surface area contributed by atoms with Crippen molar-refractivity contribution >= 4 is 38.3 Å². The number of sulfonamides is 1. The van der Waals surface area contributed by atoms with Crippen LogP contribution in [0.3, 0.4) is 0 Å². The fourth-order valence-corrected chi connectivity index (χ4v) is 3.41. The van der Waals surface area contributed by atoms with Gasteiger partial charge in [0.25, 0.3) is 0 Å². The molecule has 0 saturated heterocycles. The van der Waals surface area contributed by atoms with E-state index >= 15 is 0 Å². The van der Waals surface area contributed by atoms with Gasteiger partial charge in [0, 0.05) is 3.57 Å². The van der Waals surface area contributed by atoms with Crippen molar-refractivity contribution in [3.63, 3.8) is 0 Å². The predicted octanol–water partition coefficient (Wildman–Crippen LogP) is 2.56. The second-order valence-electron chi connectivity index (χ2n) is 4.15. The van der Waals surface area contributed by atoms with Crippen LogP contribution in [0.1, 0.15) is 19.8 Å². The van der Waals surface area contributed by atoms with E-state index in [1.54, 1.807) is 0 Å². The van der Waals surface area contributed by atoms with E-state index in [1.165, 1.54) is 18.2 Å². The number of halogens is 2. The Labute approximate surface area is 127 Å². The SMILES string of the molecule is CCCNCCCS(=O)(=O)Nc1ccc(F)cc1I. The first-order chi connectivity index (χ1) is 8.94. The molecule has 0 amide bonds. The lowest BCUT2D eigenvalue weighted by Gasteiger charge is -2.10. The summed E-state index contributed by atoms with van der Waals surface area (Å²) in [6.45, 7) is 3.63. The Hall–Kier alpha value is -0.410. The number of hydrogen-bond acceptors (Lipinski definition) is 3. The normalized spacial score (nSPS) is 11.5. The molecular weight excluding hydrogens is 382 g/mol. The number of rotatable bonds is 8. The molecule has 0 radical (unpaired) electrons. The monoisotopic (exact) mass is 400 g/mol. The van der Waals surface area contributed by atoms with Crippen LogP contribution >= 0.6 is 22.6 Å². The smallest absolute Gasteiger partial charge is 0.232 e. The number of anilines is 1. The Morgan fingerprint density at radius 3 is 2.68 bits per heavy atom. The van der Waals surface area contributed by atoms with Gasteiger partial charge in [-0.2, -0.15) is 0 Å². The molecule has 1 aromatic carbocycles. The molecule has 19 heavy (non-hydrogen) atoms. The molecule has 0 fully saturated rings. The molecule has 2 N–H and O–H groups in total. The Balaban J connectivity index is 2.50. The van der Waals surface area contributed by atoms with E-state index in [9.17, 15) is 12.8 Å². The molecule has 0 aromatic heterocycles. The number of hydrogen-bond donors (Lipinski definition) is 2. The van der Waals surface area contributed by atoms with Gasteiger partial charge in [-0.25, -0.2) is 12.8 Å². The maximum Gasteiger partial charge on any atom is 0.232 e. The topological polar surface area (TPSA) is 58.2 Å². The molecule has 4 nitrogen and oxygen atoms in total. The van der Waals surface area contributed by atoms with E-state index in [1.807, 2.05) is 22.6 Å². The summed E-state index contributed by atoms with van der Waals surface area (Å²) >= 11 is 1.90. The van der Waals surface area contributed by atoms with Gasteiger partial charge in [-0.1, -0.05) is 6.92 Å². The molecule has 0 atom stereocenters. The molecule has 0 bridgehead atoms. The Morgan fingerprint density at radius 1 is 1.32 bits per heavy atom. The molecule has 1 aromatic rings. The van der Waals surface area contributed by atoms with Crippen molar-refractivity contribution in [3.05, 3.63) is 27.6 Å². The molecule has 0 unspecified atom stereocenters. The molecule has 0 spiro atoms. The van der Waals surface area contributed by atoms with Crippen molar-refractivity contribution in [1.29, 1.82) is 0 Å². The minimum atomic E-state index is -3.37. The van der Waals surface area contributed by atoms with Gasteiger partial charge in [-0.15, -0.1) is 0 Å². The second-order valence-corrected chi connectivity index (χ2v) is 7.15. The van der Waals surface area contributed by atoms with Crippen molar-refractivity contribution in [3.8, 4) is 0 Å². The summed E-state index contributed by atoms with van der Waals surface area (Å²) in [5.74, 6) is -0.326. The van der Waals surface area contributed by atoms with Gasteiger partial charge in [-0.3, -0.25) is 4.72 Å². The third-order valence-electron chi connectivity index (χ3n) is 2.39. The van der Waals surface area contributed by atoms with Crippen LogP contribution in [0.15, 0.2) is 18.2 Å². The van der Waals surface area contributed by atoms with Crippen molar-refractivity contribution in [2.24, 2.45) is 0 Å². The molecule has 0 aliphatic carbocycles. The fraction of sp³-hybridized carbons (Fsp3) is 0.500. The van der Waals surface area contributed by atoms with Crippen LogP contribution < -0.4 is 10.0 Å². The van der Waals surface area contributed by atoms with Gasteiger partial charge in [0.1, 0.15) is 5.82 Å². The second kappa shape index (κ2) is 8.01. The Kier molecular flexibility index (Phi) is 7.01. The zero-order chi connectivity index (χ0) is 14.3. The predicted molar refractivity (Wildman–Crippen MR) is 84.3 cm³/mol. The molecule has 108 valence electrons. The minimum absolute atomic E-state index is 0.0527. The highest BCUT2D eigenvalue weighted by molar-refractivity contribution is 14.1. The Bertz CT molecular complexity index is 508. The quantitative estimate of drug-likeness (QED) is 0.521. The van der Waals surface area contributed by atoms with Gasteiger partial charge < -0.3 is 5.32 Å². The van der Waals surface area contributed by atoms with Crippen LogP contribution in [-0.2, 0) is 10.0 Å². The number of nitrogens with one attached hydrogen (secondary N) is 2. The Morgan fingerprint density at radius 2 is 2.05 bits per heavy atom. The van der Waals surface area contributed by atoms with E-state index in [-0.39, 0.29) is 11.6 Å². The van der Waals surface area contributed by atoms with E-state index in [2.05, 4.69) is 17.0 Å². The van der Waals surface area contributed by atoms with Crippen LogP contribution in [0.2, 0.25) is 0 Å². The van der Waals surface area contributed by atoms with E-state index in [0.717, 1.165) is 13.0 Å². The van der Waals surface area contributed by atoms with Crippen molar-refractivity contribution in [2.45, 2.75) is 19.8 Å². The molecule has 7 heteroatoms. The van der Waals surface area contributed by atoms with Crippen molar-refractivity contribution < 1.29 is 12.8 Å². The largest absolute Gasteiger partial charge is 0.317 e. The molecular formula is C12H18FIN2O2S. The lowest BCUT2D eigenvalue weighted by molar-refractivity contribution is 0.593. The first-order valence-corrected chi connectivity index (χ1v) is 8.84. The summed E-state index contributed by atoms with van der Waals surface area (Å²) < 4.78 is 39.6. The summed E-state index contributed by atoms with van der Waals surface area (Å²) in [6.07, 6.45) is 1.58. The average molecular weight is 400 g/mol. The van der Waals surface area contributed by atoms with Gasteiger partial charge in [0.2, 0.25) is 10.0 Å². The summed E-state index contributed by atoms with van der Waals surface area (Å²) in [6, 6.07) is 3.97. The van der Waals surface area contributed by atoms with Crippen LogP contribution in [0.25, 0.3) is 0 Å². The highest BCUT2D eigenvalue weighted by atomic mass is 127. The van der Waals surface area contributed by atoms with Gasteiger partial charge >= 0.3 is 0 Å². The number of benzene rings is 1. The maximum atomic E-state index is 12.9. The highest BCUT2D eigenvalue weighted by Crippen LogP contribution is 2.20. The first-order valence-electron chi connectivity index (χ1n) is 6.11. The van der Waals surface area contributed by atoms with Gasteiger partial charge in [0.05, 0.1) is 11.4 Å². The van der Waals surface area contributed by atoms with Crippen LogP contribution in [-0.4, -0.2) is 27.3 Å². The summed E-state index contributed by atoms with van der Waals surface area (Å²) in [4.78, 5) is 0. The summed E-state index contributed by atoms with van der Waals surface area (Å²) in [5, 5.41) is 3.15. The van der Waals surface area contributed by atoms with Crippen LogP contribution in [0, 0.1) is 9.39 Å². The molecule has 0 heterocycles. The third-order valence-corrected chi connectivity index (χ3v) is 4.64. The standard InChI is InChI=1S/C12H18FIN2O2S/c1-2-6-15-7-3-8-19(17,18)16-12-5-4-10(13)9-11(12)14/h4-5,9,15-16H,2-3,6-8H2,1H3. The summed E-state index contributed by atoms with van der Waals surface area (Å²) in [5.41, 5.74) is 0.420. The van der Waals surface area contributed by atoms with Crippen molar-refractivity contribution in [1.82, 2.24) is 5.32 Å². The molecule has 0 aliphatic heterocycles. The van der Waals surface area contributed by atoms with E-state index < -0.39 is 10.0 Å². The lowest BCUT2D eigenvalue weighted by atomic mass is 10.3. The molecule has 0 aliphatic rings. The van der Waals surface area contributed by atoms with Crippen LogP contribution in [0.5, 0.6) is 0 Å². The lowest BCUT2D eigenvalue weighted by Crippen LogP contribution is -2.22.